The van der Waals surface area contributed by atoms with Crippen LogP contribution in [-0.2, 0) is 11.3 Å². The molecule has 4 rings (SSSR count). The molecule has 1 aliphatic rings. The van der Waals surface area contributed by atoms with Gasteiger partial charge in [0.2, 0.25) is 11.5 Å². The molecular weight excluding hydrogens is 332 g/mol. The predicted molar refractivity (Wildman–Crippen MR) is 98.7 cm³/mol. The summed E-state index contributed by atoms with van der Waals surface area (Å²) >= 11 is 0. The average molecular weight is 354 g/mol. The molecule has 1 aliphatic heterocycles. The molecule has 1 saturated heterocycles. The first-order valence-corrected chi connectivity index (χ1v) is 8.94. The van der Waals surface area contributed by atoms with Gasteiger partial charge in [0, 0.05) is 24.5 Å². The van der Waals surface area contributed by atoms with Gasteiger partial charge in [-0.3, -0.25) is 14.2 Å². The molecule has 1 aromatic carbocycles. The minimum absolute atomic E-state index is 0.0261. The summed E-state index contributed by atoms with van der Waals surface area (Å²) in [5, 5.41) is 0.802. The zero-order valence-corrected chi connectivity index (χ0v) is 14.7. The number of furan rings is 1. The van der Waals surface area contributed by atoms with Crippen molar-refractivity contribution < 1.29 is 9.21 Å². The highest BCUT2D eigenvalue weighted by Crippen LogP contribution is 2.24. The number of nitrogens with zero attached hydrogens (tertiary/aromatic N) is 3. The van der Waals surface area contributed by atoms with Crippen molar-refractivity contribution in [3.8, 4) is 0 Å². The van der Waals surface area contributed by atoms with Crippen molar-refractivity contribution in [3.05, 3.63) is 40.9 Å². The summed E-state index contributed by atoms with van der Waals surface area (Å²) in [5.74, 6) is 0.378. The van der Waals surface area contributed by atoms with Gasteiger partial charge in [-0.1, -0.05) is 12.1 Å². The van der Waals surface area contributed by atoms with E-state index in [1.54, 1.807) is 11.0 Å². The Morgan fingerprint density at radius 2 is 2.08 bits per heavy atom. The first-order chi connectivity index (χ1) is 12.5. The van der Waals surface area contributed by atoms with Crippen molar-refractivity contribution >= 4 is 28.0 Å². The van der Waals surface area contributed by atoms with E-state index < -0.39 is 0 Å². The Morgan fingerprint density at radius 3 is 2.81 bits per heavy atom. The zero-order valence-electron chi connectivity index (χ0n) is 14.7. The minimum atomic E-state index is -0.329. The van der Waals surface area contributed by atoms with Gasteiger partial charge in [0.15, 0.2) is 0 Å². The van der Waals surface area contributed by atoms with E-state index in [-0.39, 0.29) is 29.6 Å². The molecular formula is C19H22N4O3. The molecule has 1 amide bonds. The maximum Gasteiger partial charge on any atom is 0.297 e. The van der Waals surface area contributed by atoms with E-state index in [2.05, 4.69) is 4.98 Å². The summed E-state index contributed by atoms with van der Waals surface area (Å²) in [6.45, 7) is 3.35. The van der Waals surface area contributed by atoms with Crippen LogP contribution in [0.25, 0.3) is 22.1 Å². The second kappa shape index (κ2) is 6.57. The smallest absolute Gasteiger partial charge is 0.297 e. The summed E-state index contributed by atoms with van der Waals surface area (Å²) in [6.07, 6.45) is 3.23. The number of piperidine rings is 1. The van der Waals surface area contributed by atoms with Crippen LogP contribution in [0.4, 0.5) is 0 Å². The molecule has 26 heavy (non-hydrogen) atoms. The lowest BCUT2D eigenvalue weighted by Crippen LogP contribution is -2.44. The van der Waals surface area contributed by atoms with Crippen LogP contribution < -0.4 is 11.3 Å². The molecule has 0 saturated carbocycles. The number of fused-ring (bicyclic) bond motifs is 3. The molecule has 1 atom stereocenters. The Morgan fingerprint density at radius 1 is 1.35 bits per heavy atom. The average Bonchev–Trinajstić information content (AvgIpc) is 3.03. The van der Waals surface area contributed by atoms with Crippen LogP contribution >= 0.6 is 0 Å². The van der Waals surface area contributed by atoms with Crippen molar-refractivity contribution in [3.63, 3.8) is 0 Å². The number of benzene rings is 1. The molecule has 1 unspecified atom stereocenters. The summed E-state index contributed by atoms with van der Waals surface area (Å²) in [4.78, 5) is 31.4. The molecule has 7 heteroatoms. The molecule has 3 aromatic rings. The highest BCUT2D eigenvalue weighted by atomic mass is 16.3. The molecule has 2 aromatic heterocycles. The normalized spacial score (nSPS) is 17.1. The summed E-state index contributed by atoms with van der Waals surface area (Å²) in [5.41, 5.74) is 6.97. The van der Waals surface area contributed by atoms with Crippen LogP contribution in [0.15, 0.2) is 39.8 Å². The van der Waals surface area contributed by atoms with Gasteiger partial charge in [-0.25, -0.2) is 4.98 Å². The maximum atomic E-state index is 12.7. The van der Waals surface area contributed by atoms with E-state index in [0.717, 1.165) is 18.2 Å². The fourth-order valence-electron chi connectivity index (χ4n) is 3.65. The number of carbonyl (C=O) groups is 1. The zero-order chi connectivity index (χ0) is 18.3. The van der Waals surface area contributed by atoms with E-state index in [1.165, 1.54) is 10.9 Å². The Bertz CT molecular complexity index is 1010. The van der Waals surface area contributed by atoms with Crippen molar-refractivity contribution in [2.45, 2.75) is 32.4 Å². The number of rotatable bonds is 3. The van der Waals surface area contributed by atoms with Crippen LogP contribution in [0.5, 0.6) is 0 Å². The quantitative estimate of drug-likeness (QED) is 0.773. The first kappa shape index (κ1) is 16.8. The number of aromatic nitrogens is 2. The molecule has 2 N–H and O–H groups in total. The summed E-state index contributed by atoms with van der Waals surface area (Å²) in [7, 11) is 0. The van der Waals surface area contributed by atoms with Crippen molar-refractivity contribution in [2.24, 2.45) is 11.7 Å². The second-order valence-electron chi connectivity index (χ2n) is 7.03. The third-order valence-corrected chi connectivity index (χ3v) is 5.29. The molecule has 0 bridgehead atoms. The molecule has 0 aliphatic carbocycles. The maximum absolute atomic E-state index is 12.7. The lowest BCUT2D eigenvalue weighted by atomic mass is 9.91. The molecule has 1 fully saturated rings. The molecule has 136 valence electrons. The van der Waals surface area contributed by atoms with Crippen LogP contribution in [-0.4, -0.2) is 39.5 Å². The molecule has 3 heterocycles. The van der Waals surface area contributed by atoms with Crippen LogP contribution in [0.1, 0.15) is 19.8 Å². The largest absolute Gasteiger partial charge is 0.448 e. The third-order valence-electron chi connectivity index (χ3n) is 5.29. The lowest BCUT2D eigenvalue weighted by Gasteiger charge is -2.33. The van der Waals surface area contributed by atoms with Crippen LogP contribution in [0.2, 0.25) is 0 Å². The Kier molecular flexibility index (Phi) is 4.24. The van der Waals surface area contributed by atoms with Crippen LogP contribution in [0.3, 0.4) is 0 Å². The van der Waals surface area contributed by atoms with Crippen molar-refractivity contribution in [1.82, 2.24) is 14.5 Å². The Hall–Kier alpha value is -2.67. The van der Waals surface area contributed by atoms with E-state index >= 15 is 0 Å². The van der Waals surface area contributed by atoms with E-state index in [1.807, 2.05) is 25.1 Å². The van der Waals surface area contributed by atoms with E-state index in [4.69, 9.17) is 10.2 Å². The fraction of sp³-hybridized carbons (Fsp3) is 0.421. The minimum Gasteiger partial charge on any atom is -0.448 e. The SMILES string of the molecule is CC(N)C1CCN(C(=O)Cn2cnc3c(oc4ccccc43)c2=O)CC1. The first-order valence-electron chi connectivity index (χ1n) is 8.94. The van der Waals surface area contributed by atoms with Crippen molar-refractivity contribution in [2.75, 3.05) is 13.1 Å². The summed E-state index contributed by atoms with van der Waals surface area (Å²) in [6, 6.07) is 7.54. The van der Waals surface area contributed by atoms with Gasteiger partial charge in [0.05, 0.1) is 6.33 Å². The topological polar surface area (TPSA) is 94.4 Å². The third kappa shape index (κ3) is 2.88. The second-order valence-corrected chi connectivity index (χ2v) is 7.03. The lowest BCUT2D eigenvalue weighted by molar-refractivity contribution is -0.133. The molecule has 0 spiro atoms. The number of para-hydroxylation sites is 1. The monoisotopic (exact) mass is 354 g/mol. The molecule has 7 nitrogen and oxygen atoms in total. The van der Waals surface area contributed by atoms with E-state index in [0.29, 0.717) is 30.1 Å². The van der Waals surface area contributed by atoms with Gasteiger partial charge in [0.25, 0.3) is 5.56 Å². The number of nitrogens with two attached hydrogens (primary N) is 1. The highest BCUT2D eigenvalue weighted by molar-refractivity contribution is 6.01. The summed E-state index contributed by atoms with van der Waals surface area (Å²) < 4.78 is 6.98. The number of amides is 1. The van der Waals surface area contributed by atoms with Crippen LogP contribution in [0, 0.1) is 5.92 Å². The number of likely N-dealkylation sites (tertiary alicyclic amines) is 1. The predicted octanol–water partition coefficient (Wildman–Crippen LogP) is 1.73. The standard InChI is InChI=1S/C19H22N4O3/c1-12(20)13-6-8-22(9-7-13)16(24)10-23-11-21-17-14-4-2-3-5-15(14)26-18(17)19(23)25/h2-5,11-13H,6-10,20H2,1H3. The van der Waals surface area contributed by atoms with Gasteiger partial charge >= 0.3 is 0 Å². The fourth-order valence-corrected chi connectivity index (χ4v) is 3.65. The van der Waals surface area contributed by atoms with Gasteiger partial charge in [-0.15, -0.1) is 0 Å². The Labute approximate surface area is 150 Å². The Balaban J connectivity index is 1.56. The molecule has 0 radical (unpaired) electrons. The number of carbonyl (C=O) groups excluding carboxylic acids is 1. The van der Waals surface area contributed by atoms with E-state index in [9.17, 15) is 9.59 Å². The number of hydrogen-bond donors (Lipinski definition) is 1. The van der Waals surface area contributed by atoms with Gasteiger partial charge in [-0.2, -0.15) is 0 Å². The van der Waals surface area contributed by atoms with Gasteiger partial charge in [-0.05, 0) is 37.8 Å². The van der Waals surface area contributed by atoms with Gasteiger partial charge in [0.1, 0.15) is 17.6 Å². The number of hydrogen-bond acceptors (Lipinski definition) is 5. The van der Waals surface area contributed by atoms with Gasteiger partial charge < -0.3 is 15.1 Å². The van der Waals surface area contributed by atoms with Crippen molar-refractivity contribution in [1.29, 1.82) is 0 Å². The highest BCUT2D eigenvalue weighted by Gasteiger charge is 2.25.